The van der Waals surface area contributed by atoms with E-state index in [0.29, 0.717) is 17.5 Å². The average Bonchev–Trinajstić information content (AvgIpc) is 2.69. The molecule has 1 amide bonds. The zero-order chi connectivity index (χ0) is 18.2. The number of thioether (sulfide) groups is 1. The molecule has 26 heavy (non-hydrogen) atoms. The third kappa shape index (κ3) is 5.39. The Labute approximate surface area is 157 Å². The highest BCUT2D eigenvalue weighted by Crippen LogP contribution is 2.17. The van der Waals surface area contributed by atoms with Gasteiger partial charge >= 0.3 is 0 Å². The standard InChI is InChI=1S/C20H20N4OS/c1-15-5-7-16(8-6-15)9-12-22-19(25)14-26-20-23-13-10-18(24-20)17-4-2-3-11-21-17/h2-8,10-11,13H,9,12,14H2,1H3,(H,22,25). The maximum absolute atomic E-state index is 12.0. The van der Waals surface area contributed by atoms with E-state index in [1.54, 1.807) is 12.4 Å². The largest absolute Gasteiger partial charge is 0.355 e. The lowest BCUT2D eigenvalue weighted by Gasteiger charge is -2.06. The van der Waals surface area contributed by atoms with Gasteiger partial charge in [-0.25, -0.2) is 9.97 Å². The minimum atomic E-state index is -0.0195. The van der Waals surface area contributed by atoms with Crippen molar-refractivity contribution in [3.8, 4) is 11.4 Å². The van der Waals surface area contributed by atoms with Crippen LogP contribution in [0.2, 0.25) is 0 Å². The van der Waals surface area contributed by atoms with Crippen molar-refractivity contribution in [2.24, 2.45) is 0 Å². The summed E-state index contributed by atoms with van der Waals surface area (Å²) in [4.78, 5) is 25.0. The number of nitrogens with zero attached hydrogens (tertiary/aromatic N) is 3. The number of rotatable bonds is 7. The molecule has 0 fully saturated rings. The number of nitrogens with one attached hydrogen (secondary N) is 1. The van der Waals surface area contributed by atoms with Gasteiger partial charge < -0.3 is 5.32 Å². The first-order valence-corrected chi connectivity index (χ1v) is 9.39. The average molecular weight is 364 g/mol. The second-order valence-electron chi connectivity index (χ2n) is 5.81. The molecule has 2 heterocycles. The van der Waals surface area contributed by atoms with Gasteiger partial charge in [0.25, 0.3) is 0 Å². The van der Waals surface area contributed by atoms with E-state index in [0.717, 1.165) is 17.8 Å². The topological polar surface area (TPSA) is 67.8 Å². The molecular formula is C20H20N4OS. The molecule has 0 unspecified atom stereocenters. The van der Waals surface area contributed by atoms with E-state index in [9.17, 15) is 4.79 Å². The normalized spacial score (nSPS) is 10.5. The molecule has 0 bridgehead atoms. The number of amides is 1. The van der Waals surface area contributed by atoms with E-state index in [-0.39, 0.29) is 5.91 Å². The fraction of sp³-hybridized carbons (Fsp3) is 0.200. The van der Waals surface area contributed by atoms with Gasteiger partial charge in [-0.05, 0) is 37.1 Å². The number of pyridine rings is 1. The molecule has 6 heteroatoms. The zero-order valence-electron chi connectivity index (χ0n) is 14.6. The zero-order valence-corrected chi connectivity index (χ0v) is 15.4. The number of benzene rings is 1. The molecule has 5 nitrogen and oxygen atoms in total. The highest BCUT2D eigenvalue weighted by molar-refractivity contribution is 7.99. The molecule has 0 radical (unpaired) electrons. The second kappa shape index (κ2) is 9.10. The van der Waals surface area contributed by atoms with E-state index in [2.05, 4.69) is 51.5 Å². The smallest absolute Gasteiger partial charge is 0.230 e. The molecule has 132 valence electrons. The van der Waals surface area contributed by atoms with Gasteiger partial charge in [-0.15, -0.1) is 0 Å². The molecule has 0 aliphatic rings. The molecule has 3 aromatic rings. The summed E-state index contributed by atoms with van der Waals surface area (Å²) in [6.45, 7) is 2.69. The van der Waals surface area contributed by atoms with Gasteiger partial charge in [-0.1, -0.05) is 47.7 Å². The van der Waals surface area contributed by atoms with Crippen molar-refractivity contribution in [3.63, 3.8) is 0 Å². The summed E-state index contributed by atoms with van der Waals surface area (Å²) in [6.07, 6.45) is 4.24. The first-order valence-electron chi connectivity index (χ1n) is 8.40. The third-order valence-electron chi connectivity index (χ3n) is 3.75. The van der Waals surface area contributed by atoms with Crippen LogP contribution < -0.4 is 5.32 Å². The van der Waals surface area contributed by atoms with Crippen molar-refractivity contribution in [1.29, 1.82) is 0 Å². The van der Waals surface area contributed by atoms with Crippen LogP contribution in [0.1, 0.15) is 11.1 Å². The van der Waals surface area contributed by atoms with Crippen molar-refractivity contribution < 1.29 is 4.79 Å². The van der Waals surface area contributed by atoms with Crippen molar-refractivity contribution in [2.45, 2.75) is 18.5 Å². The van der Waals surface area contributed by atoms with Crippen LogP contribution >= 0.6 is 11.8 Å². The predicted octanol–water partition coefficient (Wildman–Crippen LogP) is 3.30. The Morgan fingerprint density at radius 1 is 1.00 bits per heavy atom. The van der Waals surface area contributed by atoms with Gasteiger partial charge in [-0.2, -0.15) is 0 Å². The fourth-order valence-electron chi connectivity index (χ4n) is 2.35. The highest BCUT2D eigenvalue weighted by atomic mass is 32.2. The predicted molar refractivity (Wildman–Crippen MR) is 104 cm³/mol. The molecule has 2 aromatic heterocycles. The van der Waals surface area contributed by atoms with Crippen LogP contribution in [-0.2, 0) is 11.2 Å². The molecule has 1 aromatic carbocycles. The number of hydrogen-bond acceptors (Lipinski definition) is 5. The quantitative estimate of drug-likeness (QED) is 0.515. The van der Waals surface area contributed by atoms with E-state index >= 15 is 0 Å². The summed E-state index contributed by atoms with van der Waals surface area (Å²) in [5, 5.41) is 3.51. The van der Waals surface area contributed by atoms with E-state index < -0.39 is 0 Å². The first kappa shape index (κ1) is 18.1. The lowest BCUT2D eigenvalue weighted by atomic mass is 10.1. The molecule has 0 aliphatic carbocycles. The number of aromatic nitrogens is 3. The Hall–Kier alpha value is -2.73. The van der Waals surface area contributed by atoms with Crippen LogP contribution in [0.5, 0.6) is 0 Å². The summed E-state index contributed by atoms with van der Waals surface area (Å²) < 4.78 is 0. The summed E-state index contributed by atoms with van der Waals surface area (Å²) in [7, 11) is 0. The van der Waals surface area contributed by atoms with Gasteiger partial charge in [-0.3, -0.25) is 9.78 Å². The minimum Gasteiger partial charge on any atom is -0.355 e. The molecular weight excluding hydrogens is 344 g/mol. The molecule has 0 saturated carbocycles. The van der Waals surface area contributed by atoms with Crippen LogP contribution in [0, 0.1) is 6.92 Å². The molecule has 3 rings (SSSR count). The third-order valence-corrected chi connectivity index (χ3v) is 4.61. The minimum absolute atomic E-state index is 0.0195. The molecule has 1 N–H and O–H groups in total. The van der Waals surface area contributed by atoms with Crippen molar-refractivity contribution >= 4 is 17.7 Å². The lowest BCUT2D eigenvalue weighted by Crippen LogP contribution is -2.27. The van der Waals surface area contributed by atoms with E-state index in [4.69, 9.17) is 0 Å². The summed E-state index contributed by atoms with van der Waals surface area (Å²) in [5.41, 5.74) is 4.00. The molecule has 0 aliphatic heterocycles. The van der Waals surface area contributed by atoms with Gasteiger partial charge in [0.1, 0.15) is 0 Å². The number of aryl methyl sites for hydroxylation is 1. The molecule has 0 saturated heterocycles. The number of carbonyl (C=O) groups excluding carboxylic acids is 1. The number of carbonyl (C=O) groups is 1. The Bertz CT molecular complexity index is 853. The summed E-state index contributed by atoms with van der Waals surface area (Å²) >= 11 is 1.32. The second-order valence-corrected chi connectivity index (χ2v) is 6.76. The Morgan fingerprint density at radius 3 is 2.62 bits per heavy atom. The Balaban J connectivity index is 1.46. The maximum Gasteiger partial charge on any atom is 0.230 e. The van der Waals surface area contributed by atoms with E-state index in [1.807, 2.05) is 24.3 Å². The fourth-order valence-corrected chi connectivity index (χ4v) is 3.01. The van der Waals surface area contributed by atoms with Gasteiger partial charge in [0, 0.05) is 18.9 Å². The van der Waals surface area contributed by atoms with Crippen molar-refractivity contribution in [2.75, 3.05) is 12.3 Å². The lowest BCUT2D eigenvalue weighted by molar-refractivity contribution is -0.118. The Morgan fingerprint density at radius 2 is 1.85 bits per heavy atom. The van der Waals surface area contributed by atoms with Gasteiger partial charge in [0.15, 0.2) is 5.16 Å². The van der Waals surface area contributed by atoms with Crippen molar-refractivity contribution in [3.05, 3.63) is 72.1 Å². The molecule has 0 spiro atoms. The van der Waals surface area contributed by atoms with Gasteiger partial charge in [0.05, 0.1) is 17.1 Å². The SMILES string of the molecule is Cc1ccc(CCNC(=O)CSc2nccc(-c3ccccn3)n2)cc1. The summed E-state index contributed by atoms with van der Waals surface area (Å²) in [5.74, 6) is 0.272. The van der Waals surface area contributed by atoms with Crippen LogP contribution in [-0.4, -0.2) is 33.2 Å². The van der Waals surface area contributed by atoms with Crippen LogP contribution in [0.15, 0.2) is 66.1 Å². The summed E-state index contributed by atoms with van der Waals surface area (Å²) in [6, 6.07) is 15.8. The molecule has 0 atom stereocenters. The number of hydrogen-bond donors (Lipinski definition) is 1. The highest BCUT2D eigenvalue weighted by Gasteiger charge is 2.07. The maximum atomic E-state index is 12.0. The first-order chi connectivity index (χ1) is 12.7. The van der Waals surface area contributed by atoms with Crippen LogP contribution in [0.3, 0.4) is 0 Å². The van der Waals surface area contributed by atoms with Crippen molar-refractivity contribution in [1.82, 2.24) is 20.3 Å². The van der Waals surface area contributed by atoms with Crippen LogP contribution in [0.25, 0.3) is 11.4 Å². The monoisotopic (exact) mass is 364 g/mol. The van der Waals surface area contributed by atoms with Gasteiger partial charge in [0.2, 0.25) is 5.91 Å². The van der Waals surface area contributed by atoms with E-state index in [1.165, 1.54) is 22.9 Å². The Kier molecular flexibility index (Phi) is 6.33. The van der Waals surface area contributed by atoms with Crippen LogP contribution in [0.4, 0.5) is 0 Å².